The topological polar surface area (TPSA) is 63.1 Å². The summed E-state index contributed by atoms with van der Waals surface area (Å²) in [5.41, 5.74) is 1.67. The number of rotatable bonds is 4. The largest absolute Gasteiger partial charge is 0.507 e. The molecule has 2 aromatic carbocycles. The Kier molecular flexibility index (Phi) is 3.93. The molecule has 22 heavy (non-hydrogen) atoms. The van der Waals surface area contributed by atoms with Crippen molar-refractivity contribution in [3.05, 3.63) is 58.9 Å². The van der Waals surface area contributed by atoms with Crippen LogP contribution in [0.1, 0.15) is 5.56 Å². The Hall–Kier alpha value is -2.60. The summed E-state index contributed by atoms with van der Waals surface area (Å²) in [6.45, 7) is 0.572. The molecular formula is C16H15N3O2S. The van der Waals surface area contributed by atoms with Gasteiger partial charge in [-0.1, -0.05) is 30.3 Å². The number of H-pyrrole nitrogens is 1. The Balaban J connectivity index is 2.08. The van der Waals surface area contributed by atoms with Crippen LogP contribution in [0.15, 0.2) is 48.5 Å². The van der Waals surface area contributed by atoms with Crippen molar-refractivity contribution in [1.82, 2.24) is 14.8 Å². The Labute approximate surface area is 132 Å². The van der Waals surface area contributed by atoms with E-state index in [1.54, 1.807) is 25.3 Å². The number of benzene rings is 2. The first-order valence-electron chi connectivity index (χ1n) is 6.75. The average molecular weight is 313 g/mol. The van der Waals surface area contributed by atoms with Gasteiger partial charge in [-0.05, 0) is 36.0 Å². The third-order valence-corrected chi connectivity index (χ3v) is 3.70. The van der Waals surface area contributed by atoms with Crippen molar-refractivity contribution in [2.45, 2.75) is 6.54 Å². The van der Waals surface area contributed by atoms with E-state index in [1.807, 2.05) is 34.9 Å². The zero-order valence-electron chi connectivity index (χ0n) is 12.0. The molecule has 3 rings (SSSR count). The summed E-state index contributed by atoms with van der Waals surface area (Å²) >= 11 is 5.31. The number of methoxy groups -OCH3 is 1. The fourth-order valence-corrected chi connectivity index (χ4v) is 2.45. The standard InChI is InChI=1S/C16H15N3O2S/c1-21-12-7-8-14(20)13(9-12)15-17-18-16(22)19(15)10-11-5-3-2-4-6-11/h2-9,20H,10H2,1H3,(H,18,22). The van der Waals surface area contributed by atoms with E-state index in [0.717, 1.165) is 5.56 Å². The van der Waals surface area contributed by atoms with Crippen LogP contribution < -0.4 is 4.74 Å². The van der Waals surface area contributed by atoms with E-state index in [1.165, 1.54) is 0 Å². The lowest BCUT2D eigenvalue weighted by atomic mass is 10.1. The van der Waals surface area contributed by atoms with Crippen molar-refractivity contribution in [2.24, 2.45) is 0 Å². The minimum Gasteiger partial charge on any atom is -0.507 e. The van der Waals surface area contributed by atoms with Gasteiger partial charge in [0.1, 0.15) is 11.5 Å². The smallest absolute Gasteiger partial charge is 0.195 e. The normalized spacial score (nSPS) is 10.6. The van der Waals surface area contributed by atoms with Crippen LogP contribution in [0.2, 0.25) is 0 Å². The molecule has 0 aliphatic heterocycles. The van der Waals surface area contributed by atoms with Gasteiger partial charge < -0.3 is 9.84 Å². The SMILES string of the molecule is COc1ccc(O)c(-c2n[nH]c(=S)n2Cc2ccccc2)c1. The second kappa shape index (κ2) is 6.03. The van der Waals surface area contributed by atoms with E-state index < -0.39 is 0 Å². The molecule has 0 spiro atoms. The zero-order chi connectivity index (χ0) is 15.5. The summed E-state index contributed by atoms with van der Waals surface area (Å²) in [4.78, 5) is 0. The molecule has 6 heteroatoms. The highest BCUT2D eigenvalue weighted by Crippen LogP contribution is 2.31. The van der Waals surface area contributed by atoms with Gasteiger partial charge in [-0.15, -0.1) is 0 Å². The number of hydrogen-bond acceptors (Lipinski definition) is 4. The van der Waals surface area contributed by atoms with Crippen LogP contribution in [0, 0.1) is 4.77 Å². The van der Waals surface area contributed by atoms with Gasteiger partial charge in [0, 0.05) is 0 Å². The fraction of sp³-hybridized carbons (Fsp3) is 0.125. The van der Waals surface area contributed by atoms with Gasteiger partial charge in [-0.3, -0.25) is 9.67 Å². The summed E-state index contributed by atoms with van der Waals surface area (Å²) in [6.07, 6.45) is 0. The summed E-state index contributed by atoms with van der Waals surface area (Å²) in [7, 11) is 1.58. The Morgan fingerprint density at radius 2 is 2.00 bits per heavy atom. The van der Waals surface area contributed by atoms with Crippen molar-refractivity contribution in [3.63, 3.8) is 0 Å². The summed E-state index contributed by atoms with van der Waals surface area (Å²) in [5, 5.41) is 17.2. The maximum absolute atomic E-state index is 10.1. The molecule has 0 bridgehead atoms. The molecule has 1 heterocycles. The van der Waals surface area contributed by atoms with E-state index in [4.69, 9.17) is 17.0 Å². The maximum Gasteiger partial charge on any atom is 0.195 e. The number of hydrogen-bond donors (Lipinski definition) is 2. The third-order valence-electron chi connectivity index (χ3n) is 3.39. The molecule has 0 atom stereocenters. The second-order valence-electron chi connectivity index (χ2n) is 4.81. The number of phenolic OH excluding ortho intramolecular Hbond substituents is 1. The maximum atomic E-state index is 10.1. The molecule has 1 aromatic heterocycles. The lowest BCUT2D eigenvalue weighted by molar-refractivity contribution is 0.412. The molecule has 3 aromatic rings. The van der Waals surface area contributed by atoms with Crippen LogP contribution in [0.5, 0.6) is 11.5 Å². The number of nitrogens with one attached hydrogen (secondary N) is 1. The molecule has 0 aliphatic carbocycles. The fourth-order valence-electron chi connectivity index (χ4n) is 2.26. The predicted molar refractivity (Wildman–Crippen MR) is 86.6 cm³/mol. The average Bonchev–Trinajstić information content (AvgIpc) is 2.90. The van der Waals surface area contributed by atoms with Gasteiger partial charge in [-0.2, -0.15) is 5.10 Å². The minimum atomic E-state index is 0.129. The van der Waals surface area contributed by atoms with Crippen molar-refractivity contribution in [1.29, 1.82) is 0 Å². The molecule has 2 N–H and O–H groups in total. The van der Waals surface area contributed by atoms with Crippen molar-refractivity contribution in [2.75, 3.05) is 7.11 Å². The molecule has 0 unspecified atom stereocenters. The van der Waals surface area contributed by atoms with E-state index in [9.17, 15) is 5.11 Å². The van der Waals surface area contributed by atoms with Crippen LogP contribution >= 0.6 is 12.2 Å². The molecule has 0 fully saturated rings. The summed E-state index contributed by atoms with van der Waals surface area (Å²) in [5.74, 6) is 1.35. The predicted octanol–water partition coefficient (Wildman–Crippen LogP) is 3.37. The van der Waals surface area contributed by atoms with Gasteiger partial charge in [0.15, 0.2) is 10.6 Å². The molecule has 5 nitrogen and oxygen atoms in total. The van der Waals surface area contributed by atoms with Crippen LogP contribution in [0.25, 0.3) is 11.4 Å². The van der Waals surface area contributed by atoms with E-state index in [-0.39, 0.29) is 5.75 Å². The number of ether oxygens (including phenoxy) is 1. The van der Waals surface area contributed by atoms with Gasteiger partial charge in [-0.25, -0.2) is 0 Å². The molecule has 0 radical (unpaired) electrons. The Morgan fingerprint density at radius 1 is 1.23 bits per heavy atom. The van der Waals surface area contributed by atoms with Crippen molar-refractivity contribution in [3.8, 4) is 22.9 Å². The van der Waals surface area contributed by atoms with Crippen molar-refractivity contribution < 1.29 is 9.84 Å². The third kappa shape index (κ3) is 2.73. The summed E-state index contributed by atoms with van der Waals surface area (Å²) < 4.78 is 7.56. The van der Waals surface area contributed by atoms with E-state index in [2.05, 4.69) is 10.2 Å². The van der Waals surface area contributed by atoms with Crippen LogP contribution in [-0.4, -0.2) is 27.0 Å². The second-order valence-corrected chi connectivity index (χ2v) is 5.19. The lowest BCUT2D eigenvalue weighted by Gasteiger charge is -2.09. The molecular weight excluding hydrogens is 298 g/mol. The summed E-state index contributed by atoms with van der Waals surface area (Å²) in [6, 6.07) is 15.0. The Bertz CT molecular complexity index is 840. The lowest BCUT2D eigenvalue weighted by Crippen LogP contribution is -2.02. The highest BCUT2D eigenvalue weighted by atomic mass is 32.1. The van der Waals surface area contributed by atoms with Gasteiger partial charge in [0.2, 0.25) is 0 Å². The Morgan fingerprint density at radius 3 is 2.73 bits per heavy atom. The highest BCUT2D eigenvalue weighted by molar-refractivity contribution is 7.71. The number of phenols is 1. The van der Waals surface area contributed by atoms with Crippen LogP contribution in [0.4, 0.5) is 0 Å². The van der Waals surface area contributed by atoms with Crippen LogP contribution in [-0.2, 0) is 6.54 Å². The molecule has 0 saturated carbocycles. The number of nitrogens with zero attached hydrogens (tertiary/aromatic N) is 2. The highest BCUT2D eigenvalue weighted by Gasteiger charge is 2.14. The number of aromatic amines is 1. The number of aromatic nitrogens is 3. The first-order chi connectivity index (χ1) is 10.7. The van der Waals surface area contributed by atoms with E-state index >= 15 is 0 Å². The first kappa shape index (κ1) is 14.3. The first-order valence-corrected chi connectivity index (χ1v) is 7.16. The van der Waals surface area contributed by atoms with Gasteiger partial charge >= 0.3 is 0 Å². The molecule has 0 saturated heterocycles. The number of aromatic hydroxyl groups is 1. The van der Waals surface area contributed by atoms with Crippen molar-refractivity contribution >= 4 is 12.2 Å². The zero-order valence-corrected chi connectivity index (χ0v) is 12.8. The molecule has 0 aliphatic rings. The molecule has 0 amide bonds. The van der Waals surface area contributed by atoms with Gasteiger partial charge in [0.25, 0.3) is 0 Å². The van der Waals surface area contributed by atoms with E-state index in [0.29, 0.717) is 28.5 Å². The minimum absolute atomic E-state index is 0.129. The molecule has 112 valence electrons. The van der Waals surface area contributed by atoms with Gasteiger partial charge in [0.05, 0.1) is 19.2 Å². The monoisotopic (exact) mass is 313 g/mol. The quantitative estimate of drug-likeness (QED) is 0.725. The van der Waals surface area contributed by atoms with Crippen LogP contribution in [0.3, 0.4) is 0 Å².